The molecule has 252 valence electrons. The number of thiophene rings is 1. The molecule has 0 fully saturated rings. The zero-order valence-electron chi connectivity index (χ0n) is 28.9. The molecule has 8 aromatic carbocycles. The van der Waals surface area contributed by atoms with Crippen LogP contribution in [-0.2, 0) is 0 Å². The summed E-state index contributed by atoms with van der Waals surface area (Å²) in [6, 6.07) is 61.6. The van der Waals surface area contributed by atoms with Crippen molar-refractivity contribution in [2.45, 2.75) is 0 Å². The van der Waals surface area contributed by atoms with E-state index in [2.05, 4.69) is 152 Å². The Balaban J connectivity index is 1.05. The van der Waals surface area contributed by atoms with Gasteiger partial charge in [-0.05, 0) is 87.6 Å². The minimum atomic E-state index is 0.635. The van der Waals surface area contributed by atoms with E-state index in [1.165, 1.54) is 20.2 Å². The molecule has 3 heterocycles. The fraction of sp³-hybridized carbons (Fsp3) is 0. The lowest BCUT2D eigenvalue weighted by Crippen LogP contribution is -2.00. The lowest BCUT2D eigenvalue weighted by Gasteiger charge is -2.11. The highest BCUT2D eigenvalue weighted by atomic mass is 32.1. The number of benzene rings is 8. The first-order valence-corrected chi connectivity index (χ1v) is 18.8. The fourth-order valence-corrected chi connectivity index (χ4v) is 8.75. The third-order valence-corrected chi connectivity index (χ3v) is 11.5. The summed E-state index contributed by atoms with van der Waals surface area (Å²) in [6.45, 7) is 0. The summed E-state index contributed by atoms with van der Waals surface area (Å²) >= 11 is 1.81. The second-order valence-electron chi connectivity index (χ2n) is 13.6. The molecule has 0 N–H and O–H groups in total. The van der Waals surface area contributed by atoms with Gasteiger partial charge in [-0.1, -0.05) is 121 Å². The van der Waals surface area contributed by atoms with Crippen LogP contribution in [0, 0.1) is 0 Å². The smallest absolute Gasteiger partial charge is 0.164 e. The second kappa shape index (κ2) is 12.3. The molecule has 0 aliphatic rings. The van der Waals surface area contributed by atoms with Crippen LogP contribution < -0.4 is 0 Å². The summed E-state index contributed by atoms with van der Waals surface area (Å²) in [6.07, 6.45) is 0. The molecule has 11 rings (SSSR count). The summed E-state index contributed by atoms with van der Waals surface area (Å²) in [4.78, 5) is 15.4. The average molecular weight is 708 g/mol. The Labute approximate surface area is 314 Å². The summed E-state index contributed by atoms with van der Waals surface area (Å²) < 4.78 is 8.71. The van der Waals surface area contributed by atoms with Gasteiger partial charge < -0.3 is 4.42 Å². The zero-order valence-corrected chi connectivity index (χ0v) is 29.7. The van der Waals surface area contributed by atoms with E-state index >= 15 is 0 Å². The van der Waals surface area contributed by atoms with Crippen molar-refractivity contribution in [2.24, 2.45) is 0 Å². The molecule has 4 nitrogen and oxygen atoms in total. The number of hydrogen-bond donors (Lipinski definition) is 0. The molecule has 0 unspecified atom stereocenters. The maximum absolute atomic E-state index is 6.20. The highest BCUT2D eigenvalue weighted by Gasteiger charge is 2.16. The van der Waals surface area contributed by atoms with Crippen LogP contribution in [0.15, 0.2) is 180 Å². The van der Waals surface area contributed by atoms with Gasteiger partial charge in [0.15, 0.2) is 17.5 Å². The molecule has 0 atom stereocenters. The lowest BCUT2D eigenvalue weighted by atomic mass is 9.96. The van der Waals surface area contributed by atoms with Gasteiger partial charge in [0.1, 0.15) is 11.2 Å². The van der Waals surface area contributed by atoms with Crippen LogP contribution in [0.25, 0.3) is 109 Å². The second-order valence-corrected chi connectivity index (χ2v) is 14.7. The lowest BCUT2D eigenvalue weighted by molar-refractivity contribution is 0.669. The molecule has 0 saturated carbocycles. The van der Waals surface area contributed by atoms with Crippen LogP contribution in [0.2, 0.25) is 0 Å². The van der Waals surface area contributed by atoms with E-state index in [4.69, 9.17) is 19.4 Å². The third kappa shape index (κ3) is 5.17. The van der Waals surface area contributed by atoms with E-state index in [0.29, 0.717) is 17.5 Å². The standard InChI is InChI=1S/C49H29N3OS/c1-2-10-30(11-3-1)31-12-8-13-35(27-31)47-50-48(52-49(51-47)37-24-25-45-41(29-37)39-14-5-7-19-44(39)54-45)36-23-21-32-26-34(22-20-33(32)28-36)38-16-9-18-43-46(38)40-15-4-6-17-42(40)53-43/h1-29H. The SMILES string of the molecule is c1ccc(-c2cccc(-c3nc(-c4ccc5cc(-c6cccc7oc8ccccc8c67)ccc5c4)nc(-c4ccc5sc6ccccc6c5c4)n3)c2)cc1. The number of aromatic nitrogens is 3. The molecular weight excluding hydrogens is 679 g/mol. The van der Waals surface area contributed by atoms with Crippen molar-refractivity contribution >= 4 is 64.2 Å². The largest absolute Gasteiger partial charge is 0.456 e. The summed E-state index contributed by atoms with van der Waals surface area (Å²) in [5.74, 6) is 1.92. The Hall–Kier alpha value is -6.95. The van der Waals surface area contributed by atoms with Crippen LogP contribution in [0.3, 0.4) is 0 Å². The Morgan fingerprint density at radius 1 is 0.352 bits per heavy atom. The van der Waals surface area contributed by atoms with Crippen molar-refractivity contribution in [2.75, 3.05) is 0 Å². The van der Waals surface area contributed by atoms with E-state index in [9.17, 15) is 0 Å². The van der Waals surface area contributed by atoms with Crippen LogP contribution in [-0.4, -0.2) is 15.0 Å². The predicted octanol–water partition coefficient (Wildman–Crippen LogP) is 13.6. The van der Waals surface area contributed by atoms with Gasteiger partial charge in [-0.3, -0.25) is 0 Å². The maximum atomic E-state index is 6.20. The molecule has 0 amide bonds. The van der Waals surface area contributed by atoms with Gasteiger partial charge in [0, 0.05) is 47.6 Å². The first-order valence-electron chi connectivity index (χ1n) is 18.0. The Morgan fingerprint density at radius 2 is 0.926 bits per heavy atom. The highest BCUT2D eigenvalue weighted by Crippen LogP contribution is 2.39. The third-order valence-electron chi connectivity index (χ3n) is 10.3. The normalized spacial score (nSPS) is 11.7. The minimum Gasteiger partial charge on any atom is -0.456 e. The number of fused-ring (bicyclic) bond motifs is 7. The fourth-order valence-electron chi connectivity index (χ4n) is 7.66. The zero-order chi connectivity index (χ0) is 35.6. The first kappa shape index (κ1) is 30.7. The number of furan rings is 1. The number of nitrogens with zero attached hydrogens (tertiary/aromatic N) is 3. The van der Waals surface area contributed by atoms with Gasteiger partial charge in [0.2, 0.25) is 0 Å². The van der Waals surface area contributed by atoms with Gasteiger partial charge in [-0.25, -0.2) is 15.0 Å². The monoisotopic (exact) mass is 707 g/mol. The van der Waals surface area contributed by atoms with Gasteiger partial charge in [-0.15, -0.1) is 11.3 Å². The number of rotatable bonds is 5. The van der Waals surface area contributed by atoms with Crippen molar-refractivity contribution in [3.8, 4) is 56.4 Å². The van der Waals surface area contributed by atoms with Crippen LogP contribution in [0.4, 0.5) is 0 Å². The molecule has 3 aromatic heterocycles. The minimum absolute atomic E-state index is 0.635. The number of para-hydroxylation sites is 1. The van der Waals surface area contributed by atoms with Gasteiger partial charge in [-0.2, -0.15) is 0 Å². The van der Waals surface area contributed by atoms with Crippen LogP contribution in [0.5, 0.6) is 0 Å². The van der Waals surface area contributed by atoms with E-state index in [0.717, 1.165) is 71.7 Å². The average Bonchev–Trinajstić information content (AvgIpc) is 3.82. The Kier molecular flexibility index (Phi) is 7.00. The Bertz CT molecular complexity index is 3230. The van der Waals surface area contributed by atoms with Crippen molar-refractivity contribution in [3.63, 3.8) is 0 Å². The van der Waals surface area contributed by atoms with Gasteiger partial charge in [0.05, 0.1) is 0 Å². The molecule has 0 radical (unpaired) electrons. The number of hydrogen-bond acceptors (Lipinski definition) is 5. The van der Waals surface area contributed by atoms with Crippen molar-refractivity contribution in [1.82, 2.24) is 15.0 Å². The van der Waals surface area contributed by atoms with Crippen LogP contribution >= 0.6 is 11.3 Å². The molecule has 11 aromatic rings. The van der Waals surface area contributed by atoms with E-state index in [-0.39, 0.29) is 0 Å². The molecule has 0 spiro atoms. The Morgan fingerprint density at radius 3 is 1.76 bits per heavy atom. The van der Waals surface area contributed by atoms with Crippen molar-refractivity contribution in [1.29, 1.82) is 0 Å². The molecule has 54 heavy (non-hydrogen) atoms. The highest BCUT2D eigenvalue weighted by molar-refractivity contribution is 7.25. The topological polar surface area (TPSA) is 51.8 Å². The van der Waals surface area contributed by atoms with E-state index in [1.807, 2.05) is 35.6 Å². The molecule has 0 aliphatic carbocycles. The van der Waals surface area contributed by atoms with Crippen molar-refractivity contribution < 1.29 is 4.42 Å². The van der Waals surface area contributed by atoms with Crippen molar-refractivity contribution in [3.05, 3.63) is 176 Å². The van der Waals surface area contributed by atoms with Gasteiger partial charge in [0.25, 0.3) is 0 Å². The molecule has 5 heteroatoms. The van der Waals surface area contributed by atoms with Crippen LogP contribution in [0.1, 0.15) is 0 Å². The molecule has 0 bridgehead atoms. The quantitative estimate of drug-likeness (QED) is 0.179. The molecular formula is C49H29N3OS. The summed E-state index contributed by atoms with van der Waals surface area (Å²) in [7, 11) is 0. The molecule has 0 saturated heterocycles. The van der Waals surface area contributed by atoms with Gasteiger partial charge >= 0.3 is 0 Å². The van der Waals surface area contributed by atoms with E-state index < -0.39 is 0 Å². The summed E-state index contributed by atoms with van der Waals surface area (Å²) in [5, 5.41) is 6.97. The molecule has 0 aliphatic heterocycles. The predicted molar refractivity (Wildman–Crippen MR) is 225 cm³/mol. The summed E-state index contributed by atoms with van der Waals surface area (Å²) in [5.41, 5.74) is 9.19. The maximum Gasteiger partial charge on any atom is 0.164 e. The first-order chi connectivity index (χ1) is 26.7. The van der Waals surface area contributed by atoms with E-state index in [1.54, 1.807) is 0 Å².